The molecule has 1 aromatic carbocycles. The van der Waals surface area contributed by atoms with Crippen molar-refractivity contribution in [2.75, 3.05) is 11.9 Å². The van der Waals surface area contributed by atoms with Gasteiger partial charge in [0.05, 0.1) is 0 Å². The monoisotopic (exact) mass is 245 g/mol. The van der Waals surface area contributed by atoms with Gasteiger partial charge in [-0.15, -0.1) is 0 Å². The Morgan fingerprint density at radius 1 is 1.06 bits per heavy atom. The average molecular weight is 245 g/mol. The molecule has 2 rings (SSSR count). The third-order valence-electron chi connectivity index (χ3n) is 3.18. The van der Waals surface area contributed by atoms with Gasteiger partial charge in [0.2, 0.25) is 0 Å². The lowest BCUT2D eigenvalue weighted by Gasteiger charge is -2.12. The van der Waals surface area contributed by atoms with E-state index in [1.165, 1.54) is 5.56 Å². The van der Waals surface area contributed by atoms with Crippen LogP contribution in [0, 0.1) is 0 Å². The van der Waals surface area contributed by atoms with Gasteiger partial charge in [-0.3, -0.25) is 0 Å². The van der Waals surface area contributed by atoms with Crippen LogP contribution in [0.2, 0.25) is 0 Å². The molecule has 3 heteroatoms. The Labute approximate surface area is 107 Å². The highest BCUT2D eigenvalue weighted by molar-refractivity contribution is 5.85. The molecule has 1 aromatic heterocycles. The fraction of sp³-hybridized carbons (Fsp3) is 0.400. The third kappa shape index (κ3) is 2.26. The van der Waals surface area contributed by atoms with E-state index in [0.29, 0.717) is 5.58 Å². The fourth-order valence-corrected chi connectivity index (χ4v) is 2.26. The summed E-state index contributed by atoms with van der Waals surface area (Å²) in [6.07, 6.45) is 1.80. The molecule has 0 aliphatic heterocycles. The molecule has 0 atom stereocenters. The summed E-state index contributed by atoms with van der Waals surface area (Å²) in [5.41, 5.74) is 3.77. The van der Waals surface area contributed by atoms with Crippen LogP contribution in [0.25, 0.3) is 11.0 Å². The van der Waals surface area contributed by atoms with E-state index < -0.39 is 0 Å². The highest BCUT2D eigenvalue weighted by Gasteiger charge is 2.08. The van der Waals surface area contributed by atoms with Crippen molar-refractivity contribution >= 4 is 16.7 Å². The molecule has 96 valence electrons. The summed E-state index contributed by atoms with van der Waals surface area (Å²) in [5, 5.41) is 4.37. The minimum Gasteiger partial charge on any atom is -0.423 e. The maximum atomic E-state index is 11.5. The lowest BCUT2D eigenvalue weighted by molar-refractivity contribution is 0.559. The number of benzene rings is 1. The molecule has 0 saturated carbocycles. The molecule has 3 nitrogen and oxygen atoms in total. The predicted octanol–water partition coefficient (Wildman–Crippen LogP) is 3.35. The zero-order chi connectivity index (χ0) is 13.1. The van der Waals surface area contributed by atoms with Gasteiger partial charge in [-0.2, -0.15) is 0 Å². The number of aryl methyl sites for hydroxylation is 2. The Kier molecular flexibility index (Phi) is 3.70. The molecule has 0 bridgehead atoms. The molecule has 18 heavy (non-hydrogen) atoms. The standard InChI is InChI=1S/C15H19NO2/c1-4-10-8-15(17)18-14-9-13(16-6-3)11(5-2)7-12(10)14/h7-9,16H,4-6H2,1-3H3. The summed E-state index contributed by atoms with van der Waals surface area (Å²) in [6, 6.07) is 5.67. The van der Waals surface area contributed by atoms with Crippen molar-refractivity contribution in [2.24, 2.45) is 0 Å². The summed E-state index contributed by atoms with van der Waals surface area (Å²) in [7, 11) is 0. The minimum atomic E-state index is -0.272. The van der Waals surface area contributed by atoms with E-state index in [1.54, 1.807) is 6.07 Å². The van der Waals surface area contributed by atoms with Crippen molar-refractivity contribution in [3.8, 4) is 0 Å². The van der Waals surface area contributed by atoms with E-state index in [9.17, 15) is 4.79 Å². The number of hydrogen-bond donors (Lipinski definition) is 1. The van der Waals surface area contributed by atoms with Crippen LogP contribution in [0.4, 0.5) is 5.69 Å². The van der Waals surface area contributed by atoms with Gasteiger partial charge in [-0.05, 0) is 37.0 Å². The molecule has 0 spiro atoms. The second-order valence-corrected chi connectivity index (χ2v) is 4.33. The van der Waals surface area contributed by atoms with Crippen molar-refractivity contribution in [3.63, 3.8) is 0 Å². The maximum absolute atomic E-state index is 11.5. The summed E-state index contributed by atoms with van der Waals surface area (Å²) in [6.45, 7) is 7.10. The van der Waals surface area contributed by atoms with Crippen LogP contribution in [0.1, 0.15) is 31.9 Å². The quantitative estimate of drug-likeness (QED) is 0.840. The lowest BCUT2D eigenvalue weighted by Crippen LogP contribution is -2.04. The van der Waals surface area contributed by atoms with Gasteiger partial charge < -0.3 is 9.73 Å². The Balaban J connectivity index is 2.73. The van der Waals surface area contributed by atoms with Crippen LogP contribution < -0.4 is 10.9 Å². The third-order valence-corrected chi connectivity index (χ3v) is 3.18. The van der Waals surface area contributed by atoms with E-state index in [1.807, 2.05) is 6.07 Å². The fourth-order valence-electron chi connectivity index (χ4n) is 2.26. The second kappa shape index (κ2) is 5.25. The van der Waals surface area contributed by atoms with Gasteiger partial charge in [-0.25, -0.2) is 4.79 Å². The largest absolute Gasteiger partial charge is 0.423 e. The number of anilines is 1. The maximum Gasteiger partial charge on any atom is 0.336 e. The van der Waals surface area contributed by atoms with Crippen LogP contribution in [0.3, 0.4) is 0 Å². The molecule has 0 radical (unpaired) electrons. The van der Waals surface area contributed by atoms with E-state index >= 15 is 0 Å². The number of hydrogen-bond acceptors (Lipinski definition) is 3. The van der Waals surface area contributed by atoms with E-state index in [4.69, 9.17) is 4.42 Å². The van der Waals surface area contributed by atoms with Crippen LogP contribution in [0.15, 0.2) is 27.4 Å². The van der Waals surface area contributed by atoms with E-state index in [0.717, 1.165) is 36.0 Å². The van der Waals surface area contributed by atoms with Crippen molar-refractivity contribution < 1.29 is 4.42 Å². The van der Waals surface area contributed by atoms with Crippen LogP contribution in [-0.2, 0) is 12.8 Å². The minimum absolute atomic E-state index is 0.272. The predicted molar refractivity (Wildman–Crippen MR) is 75.4 cm³/mol. The Bertz CT molecular complexity index is 614. The van der Waals surface area contributed by atoms with Crippen LogP contribution >= 0.6 is 0 Å². The summed E-state index contributed by atoms with van der Waals surface area (Å²) < 4.78 is 5.30. The first-order chi connectivity index (χ1) is 8.69. The van der Waals surface area contributed by atoms with Gasteiger partial charge in [0.1, 0.15) is 5.58 Å². The van der Waals surface area contributed by atoms with Gasteiger partial charge in [-0.1, -0.05) is 13.8 Å². The van der Waals surface area contributed by atoms with Gasteiger partial charge in [0, 0.05) is 29.8 Å². The topological polar surface area (TPSA) is 42.2 Å². The van der Waals surface area contributed by atoms with Crippen LogP contribution in [0.5, 0.6) is 0 Å². The number of nitrogens with one attached hydrogen (secondary N) is 1. The van der Waals surface area contributed by atoms with E-state index in [-0.39, 0.29) is 5.63 Å². The zero-order valence-corrected chi connectivity index (χ0v) is 11.2. The van der Waals surface area contributed by atoms with Gasteiger partial charge >= 0.3 is 5.63 Å². The smallest absolute Gasteiger partial charge is 0.336 e. The highest BCUT2D eigenvalue weighted by atomic mass is 16.4. The normalized spacial score (nSPS) is 10.8. The zero-order valence-electron chi connectivity index (χ0n) is 11.2. The van der Waals surface area contributed by atoms with Crippen LogP contribution in [-0.4, -0.2) is 6.54 Å². The van der Waals surface area contributed by atoms with E-state index in [2.05, 4.69) is 32.2 Å². The number of fused-ring (bicyclic) bond motifs is 1. The molecule has 0 saturated heterocycles. The molecule has 0 amide bonds. The Morgan fingerprint density at radius 2 is 1.78 bits per heavy atom. The summed E-state index contributed by atoms with van der Waals surface area (Å²) in [4.78, 5) is 11.5. The molecular formula is C15H19NO2. The average Bonchev–Trinajstić information content (AvgIpc) is 2.37. The molecule has 1 heterocycles. The van der Waals surface area contributed by atoms with Gasteiger partial charge in [0.15, 0.2) is 0 Å². The first-order valence-electron chi connectivity index (χ1n) is 6.53. The summed E-state index contributed by atoms with van der Waals surface area (Å²) in [5.74, 6) is 0. The Hall–Kier alpha value is -1.77. The first kappa shape index (κ1) is 12.7. The molecule has 0 unspecified atom stereocenters. The molecule has 0 fully saturated rings. The van der Waals surface area contributed by atoms with Crippen molar-refractivity contribution in [3.05, 3.63) is 39.7 Å². The SMILES string of the molecule is CCNc1cc2oc(=O)cc(CC)c2cc1CC. The molecular weight excluding hydrogens is 226 g/mol. The van der Waals surface area contributed by atoms with Crippen molar-refractivity contribution in [1.29, 1.82) is 0 Å². The molecule has 1 N–H and O–H groups in total. The number of rotatable bonds is 4. The van der Waals surface area contributed by atoms with Gasteiger partial charge in [0.25, 0.3) is 0 Å². The van der Waals surface area contributed by atoms with Crippen molar-refractivity contribution in [1.82, 2.24) is 0 Å². The molecule has 0 aliphatic carbocycles. The first-order valence-corrected chi connectivity index (χ1v) is 6.53. The molecule has 2 aromatic rings. The lowest BCUT2D eigenvalue weighted by atomic mass is 10.0. The Morgan fingerprint density at radius 3 is 2.39 bits per heavy atom. The summed E-state index contributed by atoms with van der Waals surface area (Å²) >= 11 is 0. The second-order valence-electron chi connectivity index (χ2n) is 4.33. The van der Waals surface area contributed by atoms with Crippen molar-refractivity contribution in [2.45, 2.75) is 33.6 Å². The highest BCUT2D eigenvalue weighted by Crippen LogP contribution is 2.26. The molecule has 0 aliphatic rings.